The Morgan fingerprint density at radius 2 is 1.71 bits per heavy atom. The van der Waals surface area contributed by atoms with Crippen LogP contribution in [-0.4, -0.2) is 40.2 Å². The number of carbonyl (C=O) groups is 2. The van der Waals surface area contributed by atoms with Crippen molar-refractivity contribution in [1.82, 2.24) is 9.80 Å². The molecular formula is C29H34N2O2S. The highest BCUT2D eigenvalue weighted by atomic mass is 32.1. The first-order chi connectivity index (χ1) is 16.2. The van der Waals surface area contributed by atoms with E-state index >= 15 is 0 Å². The molecule has 0 bridgehead atoms. The number of carbonyl (C=O) groups excluding carboxylic acids is 2. The first-order valence-corrected chi connectivity index (χ1v) is 12.9. The van der Waals surface area contributed by atoms with E-state index in [1.54, 1.807) is 16.2 Å². The van der Waals surface area contributed by atoms with Crippen LogP contribution in [0.4, 0.5) is 0 Å². The third-order valence-electron chi connectivity index (χ3n) is 6.64. The van der Waals surface area contributed by atoms with Crippen LogP contribution in [0.1, 0.15) is 71.2 Å². The van der Waals surface area contributed by atoms with E-state index in [0.29, 0.717) is 12.1 Å². The Kier molecular flexibility index (Phi) is 6.94. The Morgan fingerprint density at radius 3 is 2.32 bits per heavy atom. The third-order valence-corrected chi connectivity index (χ3v) is 7.63. The van der Waals surface area contributed by atoms with Gasteiger partial charge in [0.1, 0.15) is 6.54 Å². The quantitative estimate of drug-likeness (QED) is 0.453. The summed E-state index contributed by atoms with van der Waals surface area (Å²) >= 11 is 1.76. The number of nitrogens with zero attached hydrogens (tertiary/aromatic N) is 2. The second-order valence-electron chi connectivity index (χ2n) is 10.1. The van der Waals surface area contributed by atoms with Crippen molar-refractivity contribution < 1.29 is 9.59 Å². The molecule has 0 spiro atoms. The second-order valence-corrected chi connectivity index (χ2v) is 11.1. The lowest BCUT2D eigenvalue weighted by Crippen LogP contribution is -2.52. The molecule has 2 heterocycles. The van der Waals surface area contributed by atoms with E-state index < -0.39 is 5.54 Å². The van der Waals surface area contributed by atoms with Gasteiger partial charge in [-0.15, -0.1) is 11.3 Å². The van der Waals surface area contributed by atoms with Crippen LogP contribution in [0.15, 0.2) is 60.0 Å². The van der Waals surface area contributed by atoms with Crippen molar-refractivity contribution in [3.05, 3.63) is 92.7 Å². The summed E-state index contributed by atoms with van der Waals surface area (Å²) < 4.78 is 0. The maximum Gasteiger partial charge on any atom is 0.254 e. The van der Waals surface area contributed by atoms with Gasteiger partial charge in [0.05, 0.1) is 6.04 Å². The van der Waals surface area contributed by atoms with Crippen molar-refractivity contribution in [1.29, 1.82) is 0 Å². The number of hydrogen-bond donors (Lipinski definition) is 0. The van der Waals surface area contributed by atoms with Crippen LogP contribution in [0.25, 0.3) is 0 Å². The van der Waals surface area contributed by atoms with E-state index in [1.807, 2.05) is 49.9 Å². The molecule has 5 heteroatoms. The maximum absolute atomic E-state index is 13.8. The van der Waals surface area contributed by atoms with Crippen LogP contribution in [0, 0.1) is 6.92 Å². The number of fused-ring (bicyclic) bond motifs is 1. The van der Waals surface area contributed by atoms with Gasteiger partial charge in [-0.25, -0.2) is 0 Å². The van der Waals surface area contributed by atoms with Crippen molar-refractivity contribution in [2.45, 2.75) is 59.0 Å². The van der Waals surface area contributed by atoms with E-state index in [0.717, 1.165) is 18.4 Å². The zero-order chi connectivity index (χ0) is 24.5. The average molecular weight is 475 g/mol. The number of amides is 2. The molecule has 1 atom stereocenters. The summed E-state index contributed by atoms with van der Waals surface area (Å²) in [7, 11) is 0. The highest BCUT2D eigenvalue weighted by Gasteiger charge is 2.36. The molecule has 2 aromatic carbocycles. The Balaban J connectivity index is 1.63. The van der Waals surface area contributed by atoms with Crippen molar-refractivity contribution >= 4 is 23.2 Å². The Labute approximate surface area is 207 Å². The molecule has 2 amide bonds. The summed E-state index contributed by atoms with van der Waals surface area (Å²) in [6.45, 7) is 10.8. The van der Waals surface area contributed by atoms with Gasteiger partial charge in [-0.3, -0.25) is 9.59 Å². The van der Waals surface area contributed by atoms with Crippen LogP contribution in [0.2, 0.25) is 0 Å². The van der Waals surface area contributed by atoms with Crippen molar-refractivity contribution in [2.75, 3.05) is 13.1 Å². The molecule has 34 heavy (non-hydrogen) atoms. The molecule has 0 saturated heterocycles. The van der Waals surface area contributed by atoms with E-state index in [4.69, 9.17) is 0 Å². The zero-order valence-electron chi connectivity index (χ0n) is 20.8. The van der Waals surface area contributed by atoms with Gasteiger partial charge in [-0.2, -0.15) is 0 Å². The van der Waals surface area contributed by atoms with Gasteiger partial charge in [0, 0.05) is 22.5 Å². The molecule has 1 aromatic heterocycles. The topological polar surface area (TPSA) is 40.6 Å². The van der Waals surface area contributed by atoms with Crippen LogP contribution >= 0.6 is 11.3 Å². The molecule has 0 radical (unpaired) electrons. The van der Waals surface area contributed by atoms with E-state index in [2.05, 4.69) is 49.6 Å². The van der Waals surface area contributed by atoms with Gasteiger partial charge in [0.25, 0.3) is 5.91 Å². The molecule has 178 valence electrons. The predicted molar refractivity (Wildman–Crippen MR) is 139 cm³/mol. The molecule has 1 aliphatic rings. The lowest BCUT2D eigenvalue weighted by Gasteiger charge is -2.40. The van der Waals surface area contributed by atoms with Crippen molar-refractivity contribution in [2.24, 2.45) is 0 Å². The Morgan fingerprint density at radius 1 is 1.03 bits per heavy atom. The highest BCUT2D eigenvalue weighted by Crippen LogP contribution is 2.38. The first-order valence-electron chi connectivity index (χ1n) is 12.0. The van der Waals surface area contributed by atoms with E-state index in [1.165, 1.54) is 21.6 Å². The van der Waals surface area contributed by atoms with E-state index in [9.17, 15) is 9.59 Å². The Bertz CT molecular complexity index is 1160. The minimum atomic E-state index is -0.487. The highest BCUT2D eigenvalue weighted by molar-refractivity contribution is 7.10. The first kappa shape index (κ1) is 24.2. The normalized spacial score (nSPS) is 15.7. The molecule has 0 N–H and O–H groups in total. The van der Waals surface area contributed by atoms with Gasteiger partial charge < -0.3 is 9.80 Å². The molecule has 4 rings (SSSR count). The fraction of sp³-hybridized carbons (Fsp3) is 0.379. The van der Waals surface area contributed by atoms with Crippen molar-refractivity contribution in [3.63, 3.8) is 0 Å². The molecule has 4 nitrogen and oxygen atoms in total. The standard InChI is InChI=1S/C29H34N2O2S/c1-6-21-9-13-23(14-10-21)28(33)31(29(3,4)5)19-26(32)30-17-15-25-24(16-18-34-25)27(30)22-11-7-20(2)8-12-22/h7-14,16,18,27H,6,15,17,19H2,1-5H3. The van der Waals surface area contributed by atoms with Crippen LogP contribution in [0.3, 0.4) is 0 Å². The summed E-state index contributed by atoms with van der Waals surface area (Å²) in [6.07, 6.45) is 1.78. The number of hydrogen-bond acceptors (Lipinski definition) is 3. The smallest absolute Gasteiger partial charge is 0.254 e. The van der Waals surface area contributed by atoms with Gasteiger partial charge in [-0.1, -0.05) is 48.9 Å². The lowest BCUT2D eigenvalue weighted by atomic mass is 9.92. The summed E-state index contributed by atoms with van der Waals surface area (Å²) in [5.41, 5.74) is 4.84. The predicted octanol–water partition coefficient (Wildman–Crippen LogP) is 6.03. The third kappa shape index (κ3) is 4.95. The number of benzene rings is 2. The van der Waals surface area contributed by atoms with Gasteiger partial charge in [0.2, 0.25) is 5.91 Å². The summed E-state index contributed by atoms with van der Waals surface area (Å²) in [5, 5.41) is 2.12. The fourth-order valence-electron chi connectivity index (χ4n) is 4.57. The average Bonchev–Trinajstić information content (AvgIpc) is 3.30. The lowest BCUT2D eigenvalue weighted by molar-refractivity contribution is -0.135. The number of aryl methyl sites for hydroxylation is 2. The largest absolute Gasteiger partial charge is 0.330 e. The minimum absolute atomic E-state index is 0.0177. The van der Waals surface area contributed by atoms with Gasteiger partial charge in [0.15, 0.2) is 0 Å². The maximum atomic E-state index is 13.8. The molecular weight excluding hydrogens is 440 g/mol. The van der Waals surface area contributed by atoms with Gasteiger partial charge in [-0.05, 0) is 80.8 Å². The fourth-order valence-corrected chi connectivity index (χ4v) is 5.48. The number of thiophene rings is 1. The molecule has 0 saturated carbocycles. The SMILES string of the molecule is CCc1ccc(C(=O)N(CC(=O)N2CCc3sccc3C2c2ccc(C)cc2)C(C)(C)C)cc1. The number of rotatable bonds is 5. The minimum Gasteiger partial charge on any atom is -0.330 e. The van der Waals surface area contributed by atoms with E-state index in [-0.39, 0.29) is 24.4 Å². The summed E-state index contributed by atoms with van der Waals surface area (Å²) in [5.74, 6) is -0.125. The Hall–Kier alpha value is -2.92. The van der Waals surface area contributed by atoms with Crippen LogP contribution in [-0.2, 0) is 17.6 Å². The summed E-state index contributed by atoms with van der Waals surface area (Å²) in [4.78, 5) is 32.3. The molecule has 1 aliphatic heterocycles. The molecule has 0 aliphatic carbocycles. The molecule has 0 fully saturated rings. The zero-order valence-corrected chi connectivity index (χ0v) is 21.6. The monoisotopic (exact) mass is 474 g/mol. The molecule has 1 unspecified atom stereocenters. The molecule has 3 aromatic rings. The second kappa shape index (κ2) is 9.75. The van der Waals surface area contributed by atoms with Crippen molar-refractivity contribution in [3.8, 4) is 0 Å². The summed E-state index contributed by atoms with van der Waals surface area (Å²) in [6, 6.07) is 18.2. The van der Waals surface area contributed by atoms with Gasteiger partial charge >= 0.3 is 0 Å². The van der Waals surface area contributed by atoms with Crippen LogP contribution in [0.5, 0.6) is 0 Å². The van der Waals surface area contributed by atoms with Crippen LogP contribution < -0.4 is 0 Å².